The third-order valence-electron chi connectivity index (χ3n) is 9.32. The Bertz CT molecular complexity index is 1780. The Hall–Kier alpha value is -5.04. The zero-order valence-corrected chi connectivity index (χ0v) is 26.5. The van der Waals surface area contributed by atoms with Crippen LogP contribution in [0.25, 0.3) is 11.2 Å². The van der Waals surface area contributed by atoms with Crippen LogP contribution in [0.2, 0.25) is 0 Å². The van der Waals surface area contributed by atoms with Gasteiger partial charge in [-0.1, -0.05) is 91.0 Å². The van der Waals surface area contributed by atoms with E-state index in [1.807, 2.05) is 66.7 Å². The molecule has 3 aromatic carbocycles. The monoisotopic (exact) mass is 648 g/mol. The molecule has 5 aromatic rings. The highest BCUT2D eigenvalue weighted by atomic mass is 16.5. The summed E-state index contributed by atoms with van der Waals surface area (Å²) in [5, 5.41) is 28.5. The zero-order valence-electron chi connectivity index (χ0n) is 26.5. The normalized spacial score (nSPS) is 22.3. The number of amides is 1. The number of nitrogens with zero attached hydrogens (tertiary/aromatic N) is 5. The number of fused-ring (bicyclic) bond motifs is 1. The van der Waals surface area contributed by atoms with Crippen molar-refractivity contribution < 1.29 is 19.7 Å². The summed E-state index contributed by atoms with van der Waals surface area (Å²) in [4.78, 5) is 29.3. The number of rotatable bonds is 10. The van der Waals surface area contributed by atoms with Crippen molar-refractivity contribution in [3.8, 4) is 0 Å². The summed E-state index contributed by atoms with van der Waals surface area (Å²) in [5.41, 5.74) is 10.5. The summed E-state index contributed by atoms with van der Waals surface area (Å²) in [6, 6.07) is 28.7. The van der Waals surface area contributed by atoms with Crippen molar-refractivity contribution in [1.29, 1.82) is 0 Å². The molecular weight excluding hydrogens is 608 g/mol. The predicted octanol–water partition coefficient (Wildman–Crippen LogP) is 3.57. The molecule has 3 heterocycles. The SMILES string of the molecule is NC1CCN(c2nc(NCC(c3ccccc3)c3ccccc3)c3ncn([C@@H]4C[C@H](NC(=O)OCc5ccccc5)[C@@H](O)[C@H]4O)c3n2)C1. The van der Waals surface area contributed by atoms with Gasteiger partial charge >= 0.3 is 6.09 Å². The second kappa shape index (κ2) is 14.0. The van der Waals surface area contributed by atoms with Gasteiger partial charge in [-0.25, -0.2) is 9.78 Å². The number of anilines is 2. The molecule has 12 heteroatoms. The van der Waals surface area contributed by atoms with E-state index in [0.717, 1.165) is 18.5 Å². The number of imidazole rings is 1. The molecule has 1 aliphatic carbocycles. The van der Waals surface area contributed by atoms with Gasteiger partial charge in [-0.2, -0.15) is 9.97 Å². The maximum absolute atomic E-state index is 12.6. The number of aliphatic hydroxyl groups is 2. The smallest absolute Gasteiger partial charge is 0.407 e. The third-order valence-corrected chi connectivity index (χ3v) is 9.32. The van der Waals surface area contributed by atoms with Crippen molar-refractivity contribution in [1.82, 2.24) is 24.8 Å². The van der Waals surface area contributed by atoms with Crippen LogP contribution in [0, 0.1) is 0 Å². The molecule has 0 radical (unpaired) electrons. The van der Waals surface area contributed by atoms with Gasteiger partial charge < -0.3 is 40.8 Å². The standard InChI is InChI=1S/C36H40N8O4/c37-26-16-17-43(20-26)35-41-33(38-19-27(24-12-6-2-7-13-24)25-14-8-3-9-15-25)30-34(42-35)44(22-39-30)29-18-28(31(45)32(29)46)40-36(47)48-21-23-10-4-1-5-11-23/h1-15,22,26-29,31-32,45-46H,16-21,37H2,(H,40,47)(H,38,41,42)/t26?,28-,29+,31+,32-/m0/s1. The van der Waals surface area contributed by atoms with Crippen molar-refractivity contribution in [2.45, 2.75) is 55.7 Å². The Balaban J connectivity index is 1.16. The van der Waals surface area contributed by atoms with Gasteiger partial charge in [0.2, 0.25) is 5.95 Å². The van der Waals surface area contributed by atoms with Crippen LogP contribution < -0.4 is 21.3 Å². The minimum atomic E-state index is -1.22. The lowest BCUT2D eigenvalue weighted by molar-refractivity contribution is 0.0136. The largest absolute Gasteiger partial charge is 0.445 e. The van der Waals surface area contributed by atoms with Gasteiger partial charge in [0.05, 0.1) is 18.4 Å². The van der Waals surface area contributed by atoms with E-state index >= 15 is 0 Å². The molecule has 48 heavy (non-hydrogen) atoms. The first kappa shape index (κ1) is 31.6. The first-order chi connectivity index (χ1) is 23.4. The second-order valence-corrected chi connectivity index (χ2v) is 12.5. The summed E-state index contributed by atoms with van der Waals surface area (Å²) in [7, 11) is 0. The predicted molar refractivity (Wildman–Crippen MR) is 183 cm³/mol. The number of hydrogen-bond donors (Lipinski definition) is 5. The van der Waals surface area contributed by atoms with E-state index in [2.05, 4.69) is 39.8 Å². The van der Waals surface area contributed by atoms with Crippen LogP contribution in [0.1, 0.15) is 41.5 Å². The quantitative estimate of drug-likeness (QED) is 0.151. The topological polar surface area (TPSA) is 164 Å². The fourth-order valence-corrected chi connectivity index (χ4v) is 6.72. The number of aliphatic hydroxyl groups excluding tert-OH is 2. The van der Waals surface area contributed by atoms with Gasteiger partial charge in [0.15, 0.2) is 17.0 Å². The van der Waals surface area contributed by atoms with Crippen LogP contribution in [0.4, 0.5) is 16.6 Å². The van der Waals surface area contributed by atoms with Gasteiger partial charge in [-0.15, -0.1) is 0 Å². The zero-order chi connectivity index (χ0) is 33.0. The number of nitrogens with one attached hydrogen (secondary N) is 2. The highest BCUT2D eigenvalue weighted by molar-refractivity contribution is 5.84. The van der Waals surface area contributed by atoms with Crippen molar-refractivity contribution in [2.24, 2.45) is 5.73 Å². The molecule has 0 spiro atoms. The first-order valence-corrected chi connectivity index (χ1v) is 16.4. The van der Waals surface area contributed by atoms with Crippen molar-refractivity contribution in [3.05, 3.63) is 114 Å². The maximum Gasteiger partial charge on any atom is 0.407 e. The number of benzene rings is 3. The van der Waals surface area contributed by atoms with E-state index in [1.54, 1.807) is 10.9 Å². The lowest BCUT2D eigenvalue weighted by atomic mass is 9.91. The third kappa shape index (κ3) is 6.68. The number of ether oxygens (including phenoxy) is 1. The van der Waals surface area contributed by atoms with E-state index in [9.17, 15) is 15.0 Å². The fraction of sp³-hybridized carbons (Fsp3) is 0.333. The van der Waals surface area contributed by atoms with Gasteiger partial charge in [-0.05, 0) is 29.5 Å². The number of aromatic nitrogens is 4. The van der Waals surface area contributed by atoms with Crippen LogP contribution >= 0.6 is 0 Å². The fourth-order valence-electron chi connectivity index (χ4n) is 6.72. The highest BCUT2D eigenvalue weighted by Gasteiger charge is 2.44. The highest BCUT2D eigenvalue weighted by Crippen LogP contribution is 2.35. The molecule has 5 atom stereocenters. The van der Waals surface area contributed by atoms with E-state index in [1.165, 1.54) is 11.1 Å². The summed E-state index contributed by atoms with van der Waals surface area (Å²) < 4.78 is 7.15. The summed E-state index contributed by atoms with van der Waals surface area (Å²) in [6.07, 6.45) is -0.377. The average molecular weight is 649 g/mol. The van der Waals surface area contributed by atoms with Crippen LogP contribution in [-0.4, -0.2) is 79.8 Å². The minimum absolute atomic E-state index is 0.0199. The molecule has 7 rings (SSSR count). The Kier molecular flexibility index (Phi) is 9.19. The lowest BCUT2D eigenvalue weighted by Gasteiger charge is -2.22. The summed E-state index contributed by atoms with van der Waals surface area (Å²) in [5.74, 6) is 1.13. The lowest BCUT2D eigenvalue weighted by Crippen LogP contribution is -2.43. The minimum Gasteiger partial charge on any atom is -0.445 e. The molecule has 2 aliphatic rings. The number of carbonyl (C=O) groups excluding carboxylic acids is 1. The molecule has 1 aliphatic heterocycles. The van der Waals surface area contributed by atoms with E-state index in [0.29, 0.717) is 36.0 Å². The van der Waals surface area contributed by atoms with E-state index < -0.39 is 30.4 Å². The van der Waals surface area contributed by atoms with E-state index in [4.69, 9.17) is 25.4 Å². The van der Waals surface area contributed by atoms with Crippen LogP contribution in [-0.2, 0) is 11.3 Å². The molecule has 0 bridgehead atoms. The molecule has 1 saturated heterocycles. The Morgan fingerprint density at radius 3 is 2.25 bits per heavy atom. The Labute approximate surface area is 278 Å². The Morgan fingerprint density at radius 1 is 0.938 bits per heavy atom. The number of nitrogens with two attached hydrogens (primary N) is 1. The molecule has 12 nitrogen and oxygen atoms in total. The molecule has 248 valence electrons. The van der Waals surface area contributed by atoms with Crippen molar-refractivity contribution in [2.75, 3.05) is 29.9 Å². The van der Waals surface area contributed by atoms with Gasteiger partial charge in [0.1, 0.15) is 18.8 Å². The molecule has 1 amide bonds. The van der Waals surface area contributed by atoms with Gasteiger partial charge in [0, 0.05) is 31.6 Å². The number of carbonyl (C=O) groups is 1. The number of alkyl carbamates (subject to hydrolysis) is 1. The molecule has 2 aromatic heterocycles. The molecular formula is C36H40N8O4. The molecule has 1 unspecified atom stereocenters. The van der Waals surface area contributed by atoms with Gasteiger partial charge in [0.25, 0.3) is 0 Å². The molecule has 1 saturated carbocycles. The van der Waals surface area contributed by atoms with Crippen LogP contribution in [0.15, 0.2) is 97.3 Å². The van der Waals surface area contributed by atoms with Gasteiger partial charge in [-0.3, -0.25) is 0 Å². The average Bonchev–Trinajstić information content (AvgIpc) is 3.82. The number of hydrogen-bond acceptors (Lipinski definition) is 10. The van der Waals surface area contributed by atoms with Crippen LogP contribution in [0.5, 0.6) is 0 Å². The summed E-state index contributed by atoms with van der Waals surface area (Å²) >= 11 is 0. The van der Waals surface area contributed by atoms with Crippen LogP contribution in [0.3, 0.4) is 0 Å². The molecule has 2 fully saturated rings. The second-order valence-electron chi connectivity index (χ2n) is 12.5. The first-order valence-electron chi connectivity index (χ1n) is 16.4. The van der Waals surface area contributed by atoms with Crippen molar-refractivity contribution >= 4 is 29.0 Å². The molecule has 6 N–H and O–H groups in total. The maximum atomic E-state index is 12.6. The van der Waals surface area contributed by atoms with E-state index in [-0.39, 0.29) is 25.0 Å². The summed E-state index contributed by atoms with van der Waals surface area (Å²) in [6.45, 7) is 1.99. The van der Waals surface area contributed by atoms with Crippen molar-refractivity contribution in [3.63, 3.8) is 0 Å². The Morgan fingerprint density at radius 2 is 1.60 bits per heavy atom.